The first-order chi connectivity index (χ1) is 8.06. The Kier molecular flexibility index (Phi) is 5.10. The van der Waals surface area contributed by atoms with E-state index in [0.717, 1.165) is 5.56 Å². The number of hydrogen-bond donors (Lipinski definition) is 1. The maximum Gasteiger partial charge on any atom is 0.323 e. The molecule has 0 aliphatic heterocycles. The van der Waals surface area contributed by atoms with Crippen LogP contribution in [0.2, 0.25) is 0 Å². The van der Waals surface area contributed by atoms with Gasteiger partial charge in [0.25, 0.3) is 0 Å². The van der Waals surface area contributed by atoms with Gasteiger partial charge < -0.3 is 4.74 Å². The van der Waals surface area contributed by atoms with Gasteiger partial charge in [-0.3, -0.25) is 15.1 Å². The summed E-state index contributed by atoms with van der Waals surface area (Å²) in [7, 11) is 1.41. The number of nitrogens with one attached hydrogen (secondary N) is 1. The Bertz CT molecular complexity index is 352. The summed E-state index contributed by atoms with van der Waals surface area (Å²) < 4.78 is 4.79. The first-order valence-electron chi connectivity index (χ1n) is 5.80. The van der Waals surface area contributed by atoms with Gasteiger partial charge in [0.05, 0.1) is 7.11 Å². The maximum absolute atomic E-state index is 11.6. The molecule has 1 aromatic rings. The SMILES string of the molecule is COC(=O)[C@H](NC(C)c1cccnc1)C(C)C. The van der Waals surface area contributed by atoms with Crippen molar-refractivity contribution in [2.75, 3.05) is 7.11 Å². The van der Waals surface area contributed by atoms with Crippen LogP contribution in [0.5, 0.6) is 0 Å². The minimum Gasteiger partial charge on any atom is -0.468 e. The fourth-order valence-electron chi connectivity index (χ4n) is 1.66. The fraction of sp³-hybridized carbons (Fsp3) is 0.538. The molecule has 0 radical (unpaired) electrons. The quantitative estimate of drug-likeness (QED) is 0.794. The van der Waals surface area contributed by atoms with Crippen molar-refractivity contribution in [3.8, 4) is 0 Å². The van der Waals surface area contributed by atoms with E-state index >= 15 is 0 Å². The van der Waals surface area contributed by atoms with Gasteiger partial charge in [-0.25, -0.2) is 0 Å². The zero-order chi connectivity index (χ0) is 12.8. The van der Waals surface area contributed by atoms with E-state index in [4.69, 9.17) is 4.74 Å². The van der Waals surface area contributed by atoms with Crippen LogP contribution in [0.1, 0.15) is 32.4 Å². The number of aromatic nitrogens is 1. The van der Waals surface area contributed by atoms with Crippen molar-refractivity contribution in [2.45, 2.75) is 32.9 Å². The molecule has 0 aromatic carbocycles. The number of hydrogen-bond acceptors (Lipinski definition) is 4. The number of carbonyl (C=O) groups is 1. The third-order valence-corrected chi connectivity index (χ3v) is 2.74. The molecule has 94 valence electrons. The molecule has 17 heavy (non-hydrogen) atoms. The molecule has 1 aromatic heterocycles. The van der Waals surface area contributed by atoms with Crippen molar-refractivity contribution in [3.63, 3.8) is 0 Å². The highest BCUT2D eigenvalue weighted by molar-refractivity contribution is 5.76. The lowest BCUT2D eigenvalue weighted by atomic mass is 10.0. The molecule has 0 aliphatic carbocycles. The first kappa shape index (κ1) is 13.6. The summed E-state index contributed by atoms with van der Waals surface area (Å²) >= 11 is 0. The second-order valence-electron chi connectivity index (χ2n) is 4.42. The van der Waals surface area contributed by atoms with E-state index in [1.807, 2.05) is 32.9 Å². The lowest BCUT2D eigenvalue weighted by Gasteiger charge is -2.24. The van der Waals surface area contributed by atoms with E-state index in [9.17, 15) is 4.79 Å². The molecule has 2 atom stereocenters. The molecule has 4 nitrogen and oxygen atoms in total. The highest BCUT2D eigenvalue weighted by atomic mass is 16.5. The summed E-state index contributed by atoms with van der Waals surface area (Å²) in [5, 5.41) is 3.27. The normalized spacial score (nSPS) is 14.4. The molecule has 0 aliphatic rings. The van der Waals surface area contributed by atoms with Gasteiger partial charge in [-0.2, -0.15) is 0 Å². The van der Waals surface area contributed by atoms with Gasteiger partial charge in [0, 0.05) is 18.4 Å². The van der Waals surface area contributed by atoms with Crippen LogP contribution in [0.25, 0.3) is 0 Å². The Hall–Kier alpha value is -1.42. The molecule has 0 saturated heterocycles. The predicted octanol–water partition coefficient (Wildman–Crippen LogP) is 1.93. The van der Waals surface area contributed by atoms with Crippen LogP contribution < -0.4 is 5.32 Å². The first-order valence-corrected chi connectivity index (χ1v) is 5.80. The molecule has 1 N–H and O–H groups in total. The summed E-state index contributed by atoms with van der Waals surface area (Å²) in [6.07, 6.45) is 3.53. The van der Waals surface area contributed by atoms with Crippen LogP contribution in [-0.2, 0) is 9.53 Å². The van der Waals surface area contributed by atoms with Crippen LogP contribution in [0.4, 0.5) is 0 Å². The van der Waals surface area contributed by atoms with Crippen molar-refractivity contribution < 1.29 is 9.53 Å². The number of methoxy groups -OCH3 is 1. The van der Waals surface area contributed by atoms with Crippen LogP contribution in [0.3, 0.4) is 0 Å². The van der Waals surface area contributed by atoms with Crippen molar-refractivity contribution in [2.24, 2.45) is 5.92 Å². The van der Waals surface area contributed by atoms with Crippen LogP contribution in [0.15, 0.2) is 24.5 Å². The second-order valence-corrected chi connectivity index (χ2v) is 4.42. The van der Waals surface area contributed by atoms with Crippen molar-refractivity contribution in [1.29, 1.82) is 0 Å². The molecule has 4 heteroatoms. The van der Waals surface area contributed by atoms with E-state index in [1.54, 1.807) is 12.4 Å². The van der Waals surface area contributed by atoms with Crippen molar-refractivity contribution in [1.82, 2.24) is 10.3 Å². The Morgan fingerprint density at radius 2 is 2.12 bits per heavy atom. The number of esters is 1. The fourth-order valence-corrected chi connectivity index (χ4v) is 1.66. The summed E-state index contributed by atoms with van der Waals surface area (Å²) in [5.74, 6) is -0.0442. The van der Waals surface area contributed by atoms with Crippen LogP contribution in [0, 0.1) is 5.92 Å². The summed E-state index contributed by atoms with van der Waals surface area (Å²) in [4.78, 5) is 15.7. The Morgan fingerprint density at radius 3 is 2.59 bits per heavy atom. The molecule has 0 amide bonds. The Balaban J connectivity index is 2.71. The minimum atomic E-state index is -0.296. The summed E-state index contributed by atoms with van der Waals surface area (Å²) in [6, 6.07) is 3.64. The predicted molar refractivity (Wildman–Crippen MR) is 66.4 cm³/mol. The third-order valence-electron chi connectivity index (χ3n) is 2.74. The monoisotopic (exact) mass is 236 g/mol. The number of ether oxygens (including phenoxy) is 1. The number of nitrogens with zero attached hydrogens (tertiary/aromatic N) is 1. The average Bonchev–Trinajstić information content (AvgIpc) is 2.35. The molecule has 1 rings (SSSR count). The van der Waals surface area contributed by atoms with E-state index in [-0.39, 0.29) is 24.0 Å². The van der Waals surface area contributed by atoms with E-state index in [1.165, 1.54) is 7.11 Å². The van der Waals surface area contributed by atoms with Crippen molar-refractivity contribution >= 4 is 5.97 Å². The summed E-state index contributed by atoms with van der Waals surface area (Å²) in [6.45, 7) is 5.99. The largest absolute Gasteiger partial charge is 0.468 e. The summed E-state index contributed by atoms with van der Waals surface area (Å²) in [5.41, 5.74) is 1.06. The van der Waals surface area contributed by atoms with Crippen molar-refractivity contribution in [3.05, 3.63) is 30.1 Å². The molecule has 1 unspecified atom stereocenters. The molecule has 0 spiro atoms. The smallest absolute Gasteiger partial charge is 0.323 e. The third kappa shape index (κ3) is 3.82. The molecular weight excluding hydrogens is 216 g/mol. The van der Waals surface area contributed by atoms with Crippen LogP contribution >= 0.6 is 0 Å². The maximum atomic E-state index is 11.6. The lowest BCUT2D eigenvalue weighted by molar-refractivity contribution is -0.144. The topological polar surface area (TPSA) is 51.2 Å². The molecule has 0 bridgehead atoms. The Morgan fingerprint density at radius 1 is 1.41 bits per heavy atom. The molecular formula is C13H20N2O2. The molecule has 1 heterocycles. The van der Waals surface area contributed by atoms with Gasteiger partial charge in [-0.15, -0.1) is 0 Å². The molecule has 0 saturated carbocycles. The standard InChI is InChI=1S/C13H20N2O2/c1-9(2)12(13(16)17-4)15-10(3)11-6-5-7-14-8-11/h5-10,12,15H,1-4H3/t10?,12-/m1/s1. The Labute approximate surface area is 102 Å². The van der Waals surface area contributed by atoms with E-state index < -0.39 is 0 Å². The zero-order valence-corrected chi connectivity index (χ0v) is 10.8. The minimum absolute atomic E-state index is 0.0650. The van der Waals surface area contributed by atoms with Gasteiger partial charge in [-0.1, -0.05) is 19.9 Å². The van der Waals surface area contributed by atoms with Gasteiger partial charge in [0.15, 0.2) is 0 Å². The number of pyridine rings is 1. The van der Waals surface area contributed by atoms with Gasteiger partial charge in [-0.05, 0) is 24.5 Å². The van der Waals surface area contributed by atoms with E-state index in [2.05, 4.69) is 10.3 Å². The average molecular weight is 236 g/mol. The number of carbonyl (C=O) groups excluding carboxylic acids is 1. The molecule has 0 fully saturated rings. The van der Waals surface area contributed by atoms with E-state index in [0.29, 0.717) is 0 Å². The highest BCUT2D eigenvalue weighted by Crippen LogP contribution is 2.14. The van der Waals surface area contributed by atoms with Crippen LogP contribution in [-0.4, -0.2) is 24.1 Å². The van der Waals surface area contributed by atoms with Gasteiger partial charge >= 0.3 is 5.97 Å². The second kappa shape index (κ2) is 6.35. The zero-order valence-electron chi connectivity index (χ0n) is 10.8. The van der Waals surface area contributed by atoms with Gasteiger partial charge in [0.1, 0.15) is 6.04 Å². The highest BCUT2D eigenvalue weighted by Gasteiger charge is 2.24. The lowest BCUT2D eigenvalue weighted by Crippen LogP contribution is -2.42. The number of rotatable bonds is 5. The van der Waals surface area contributed by atoms with Gasteiger partial charge in [0.2, 0.25) is 0 Å².